The van der Waals surface area contributed by atoms with Crippen LogP contribution in [0, 0.1) is 0 Å². The van der Waals surface area contributed by atoms with E-state index >= 15 is 0 Å². The molecule has 0 bridgehead atoms. The van der Waals surface area contributed by atoms with E-state index in [0.29, 0.717) is 18.4 Å². The average molecular weight is 269 g/mol. The van der Waals surface area contributed by atoms with E-state index in [4.69, 9.17) is 4.52 Å². The van der Waals surface area contributed by atoms with Crippen LogP contribution in [-0.4, -0.2) is 19.9 Å². The quantitative estimate of drug-likeness (QED) is 0.854. The summed E-state index contributed by atoms with van der Waals surface area (Å²) < 4.78 is 7.85. The van der Waals surface area contributed by atoms with E-state index in [0.717, 1.165) is 10.3 Å². The Bertz CT molecular complexity index is 474. The molecule has 0 atom stereocenters. The zero-order chi connectivity index (χ0) is 10.3. The Morgan fingerprint density at radius 3 is 3.07 bits per heavy atom. The fraction of sp³-hybridized carbons (Fsp3) is 0.444. The molecule has 0 aliphatic heterocycles. The van der Waals surface area contributed by atoms with Crippen molar-refractivity contribution in [3.8, 4) is 0 Å². The molecule has 1 aliphatic rings. The van der Waals surface area contributed by atoms with E-state index in [1.54, 1.807) is 10.9 Å². The van der Waals surface area contributed by atoms with Gasteiger partial charge >= 0.3 is 0 Å². The second-order valence-electron chi connectivity index (χ2n) is 3.68. The van der Waals surface area contributed by atoms with Crippen molar-refractivity contribution in [2.75, 3.05) is 0 Å². The van der Waals surface area contributed by atoms with Crippen LogP contribution in [0.25, 0.3) is 0 Å². The van der Waals surface area contributed by atoms with Crippen molar-refractivity contribution in [1.82, 2.24) is 19.9 Å². The number of nitrogens with zero attached hydrogens (tertiary/aromatic N) is 4. The highest BCUT2D eigenvalue weighted by atomic mass is 79.9. The van der Waals surface area contributed by atoms with Gasteiger partial charge < -0.3 is 4.52 Å². The lowest BCUT2D eigenvalue weighted by molar-refractivity contribution is 0.361. The Labute approximate surface area is 94.6 Å². The van der Waals surface area contributed by atoms with Gasteiger partial charge in [0.05, 0.1) is 10.7 Å². The van der Waals surface area contributed by atoms with E-state index < -0.39 is 0 Å². The van der Waals surface area contributed by atoms with Crippen molar-refractivity contribution in [3.63, 3.8) is 0 Å². The first-order valence-corrected chi connectivity index (χ1v) is 5.61. The Kier molecular flexibility index (Phi) is 2.09. The first-order chi connectivity index (χ1) is 7.31. The molecule has 78 valence electrons. The molecule has 2 aromatic heterocycles. The van der Waals surface area contributed by atoms with Gasteiger partial charge in [-0.05, 0) is 28.8 Å². The average Bonchev–Trinajstić information content (AvgIpc) is 2.84. The Hall–Kier alpha value is -1.17. The number of aromatic nitrogens is 4. The van der Waals surface area contributed by atoms with Crippen LogP contribution >= 0.6 is 15.9 Å². The molecule has 0 saturated heterocycles. The van der Waals surface area contributed by atoms with Gasteiger partial charge in [0.15, 0.2) is 5.82 Å². The molecule has 2 heterocycles. The van der Waals surface area contributed by atoms with Crippen molar-refractivity contribution >= 4 is 15.9 Å². The maximum absolute atomic E-state index is 5.14. The summed E-state index contributed by atoms with van der Waals surface area (Å²) in [5.41, 5.74) is 0. The highest BCUT2D eigenvalue weighted by Gasteiger charge is 2.28. The SMILES string of the molecule is Brc1cnn(Cc2nc(C3CC3)no2)c1. The van der Waals surface area contributed by atoms with E-state index in [1.165, 1.54) is 12.8 Å². The molecule has 0 unspecified atom stereocenters. The molecule has 15 heavy (non-hydrogen) atoms. The smallest absolute Gasteiger partial charge is 0.248 e. The van der Waals surface area contributed by atoms with Gasteiger partial charge in [0.2, 0.25) is 5.89 Å². The molecule has 0 radical (unpaired) electrons. The molecular formula is C9H9BrN4O. The maximum Gasteiger partial charge on any atom is 0.248 e. The van der Waals surface area contributed by atoms with E-state index in [2.05, 4.69) is 31.2 Å². The normalized spacial score (nSPS) is 15.8. The number of hydrogen-bond donors (Lipinski definition) is 0. The van der Waals surface area contributed by atoms with Gasteiger partial charge in [-0.3, -0.25) is 4.68 Å². The summed E-state index contributed by atoms with van der Waals surface area (Å²) in [5, 5.41) is 8.07. The van der Waals surface area contributed by atoms with Crippen LogP contribution in [0.3, 0.4) is 0 Å². The molecule has 1 fully saturated rings. The topological polar surface area (TPSA) is 56.7 Å². The third-order valence-corrected chi connectivity index (χ3v) is 2.73. The van der Waals surface area contributed by atoms with Gasteiger partial charge in [0.1, 0.15) is 6.54 Å². The molecule has 0 amide bonds. The van der Waals surface area contributed by atoms with Crippen LogP contribution in [0.5, 0.6) is 0 Å². The Morgan fingerprint density at radius 2 is 2.40 bits per heavy atom. The molecule has 6 heteroatoms. The summed E-state index contributed by atoms with van der Waals surface area (Å²) >= 11 is 3.33. The van der Waals surface area contributed by atoms with Gasteiger partial charge in [-0.2, -0.15) is 10.1 Å². The third kappa shape index (κ3) is 1.94. The minimum absolute atomic E-state index is 0.533. The van der Waals surface area contributed by atoms with Crippen molar-refractivity contribution in [3.05, 3.63) is 28.6 Å². The van der Waals surface area contributed by atoms with Crippen LogP contribution in [0.2, 0.25) is 0 Å². The highest BCUT2D eigenvalue weighted by Crippen LogP contribution is 2.38. The number of halogens is 1. The second kappa shape index (κ2) is 3.44. The molecular weight excluding hydrogens is 260 g/mol. The summed E-state index contributed by atoms with van der Waals surface area (Å²) in [4.78, 5) is 4.32. The van der Waals surface area contributed by atoms with Gasteiger partial charge in [-0.25, -0.2) is 0 Å². The fourth-order valence-electron chi connectivity index (χ4n) is 1.40. The molecule has 1 aliphatic carbocycles. The summed E-state index contributed by atoms with van der Waals surface area (Å²) in [5.74, 6) is 2.00. The van der Waals surface area contributed by atoms with Gasteiger partial charge in [-0.15, -0.1) is 0 Å². The molecule has 5 nitrogen and oxygen atoms in total. The predicted octanol–water partition coefficient (Wildman–Crippen LogP) is 1.95. The minimum Gasteiger partial charge on any atom is -0.337 e. The summed E-state index contributed by atoms with van der Waals surface area (Å²) in [6, 6.07) is 0. The van der Waals surface area contributed by atoms with Crippen molar-refractivity contribution in [2.45, 2.75) is 25.3 Å². The predicted molar refractivity (Wildman–Crippen MR) is 55.3 cm³/mol. The van der Waals surface area contributed by atoms with Crippen LogP contribution in [0.15, 0.2) is 21.4 Å². The summed E-state index contributed by atoms with van der Waals surface area (Å²) in [6.07, 6.45) is 5.98. The Balaban J connectivity index is 1.75. The standard InChI is InChI=1S/C9H9BrN4O/c10-7-3-11-14(4-7)5-8-12-9(13-15-8)6-1-2-6/h3-4,6H,1-2,5H2. The van der Waals surface area contributed by atoms with E-state index in [9.17, 15) is 0 Å². The number of hydrogen-bond acceptors (Lipinski definition) is 4. The lowest BCUT2D eigenvalue weighted by atomic mass is 10.4. The van der Waals surface area contributed by atoms with Crippen molar-refractivity contribution < 1.29 is 4.52 Å². The van der Waals surface area contributed by atoms with Gasteiger partial charge in [-0.1, -0.05) is 5.16 Å². The maximum atomic E-state index is 5.14. The second-order valence-corrected chi connectivity index (χ2v) is 4.59. The largest absolute Gasteiger partial charge is 0.337 e. The lowest BCUT2D eigenvalue weighted by Gasteiger charge is -1.93. The lowest BCUT2D eigenvalue weighted by Crippen LogP contribution is -2.00. The van der Waals surface area contributed by atoms with Gasteiger partial charge in [0, 0.05) is 12.1 Å². The van der Waals surface area contributed by atoms with Gasteiger partial charge in [0.25, 0.3) is 0 Å². The van der Waals surface area contributed by atoms with Crippen LogP contribution < -0.4 is 0 Å². The molecule has 0 aromatic carbocycles. The molecule has 0 spiro atoms. The van der Waals surface area contributed by atoms with Crippen molar-refractivity contribution in [1.29, 1.82) is 0 Å². The first kappa shape index (κ1) is 9.08. The highest BCUT2D eigenvalue weighted by molar-refractivity contribution is 9.10. The molecule has 1 saturated carbocycles. The van der Waals surface area contributed by atoms with E-state index in [1.807, 2.05) is 6.20 Å². The summed E-state index contributed by atoms with van der Waals surface area (Å²) in [6.45, 7) is 0.533. The van der Waals surface area contributed by atoms with Crippen LogP contribution in [0.1, 0.15) is 30.5 Å². The van der Waals surface area contributed by atoms with Crippen LogP contribution in [0.4, 0.5) is 0 Å². The summed E-state index contributed by atoms with van der Waals surface area (Å²) in [7, 11) is 0. The zero-order valence-electron chi connectivity index (χ0n) is 7.93. The zero-order valence-corrected chi connectivity index (χ0v) is 9.51. The monoisotopic (exact) mass is 268 g/mol. The Morgan fingerprint density at radius 1 is 1.53 bits per heavy atom. The van der Waals surface area contributed by atoms with E-state index in [-0.39, 0.29) is 0 Å². The number of rotatable bonds is 3. The molecule has 3 rings (SSSR count). The van der Waals surface area contributed by atoms with Crippen molar-refractivity contribution in [2.24, 2.45) is 0 Å². The molecule has 2 aromatic rings. The first-order valence-electron chi connectivity index (χ1n) is 4.82. The third-order valence-electron chi connectivity index (χ3n) is 2.33. The van der Waals surface area contributed by atoms with Crippen LogP contribution in [-0.2, 0) is 6.54 Å². The minimum atomic E-state index is 0.533. The molecule has 0 N–H and O–H groups in total. The fourth-order valence-corrected chi connectivity index (χ4v) is 1.73.